The zero-order valence-electron chi connectivity index (χ0n) is 15.7. The van der Waals surface area contributed by atoms with Crippen LogP contribution < -0.4 is 4.90 Å². The van der Waals surface area contributed by atoms with E-state index in [0.717, 1.165) is 35.9 Å². The molecule has 8 heteroatoms. The van der Waals surface area contributed by atoms with Gasteiger partial charge in [0.1, 0.15) is 5.82 Å². The predicted octanol–water partition coefficient (Wildman–Crippen LogP) is 2.48. The summed E-state index contributed by atoms with van der Waals surface area (Å²) < 4.78 is 26.0. The molecule has 1 aromatic carbocycles. The van der Waals surface area contributed by atoms with Crippen LogP contribution in [-0.2, 0) is 23.3 Å². The summed E-state index contributed by atoms with van der Waals surface area (Å²) in [6.45, 7) is 0.493. The van der Waals surface area contributed by atoms with Gasteiger partial charge < -0.3 is 0 Å². The summed E-state index contributed by atoms with van der Waals surface area (Å²) in [6.07, 6.45) is 6.33. The zero-order chi connectivity index (χ0) is 19.9. The summed E-state index contributed by atoms with van der Waals surface area (Å²) in [6, 6.07) is 10.2. The first kappa shape index (κ1) is 18.4. The lowest BCUT2D eigenvalue weighted by Gasteiger charge is -2.29. The molecule has 3 heterocycles. The van der Waals surface area contributed by atoms with Crippen LogP contribution in [0.5, 0.6) is 0 Å². The molecule has 0 aliphatic carbocycles. The molecule has 144 valence electrons. The first-order valence-corrected chi connectivity index (χ1v) is 10.8. The lowest BCUT2D eigenvalue weighted by Crippen LogP contribution is -2.37. The van der Waals surface area contributed by atoms with Crippen molar-refractivity contribution >= 4 is 21.6 Å². The molecular formula is C20H20N4O3S. The Morgan fingerprint density at radius 3 is 2.64 bits per heavy atom. The van der Waals surface area contributed by atoms with Crippen molar-refractivity contribution in [1.82, 2.24) is 14.8 Å². The number of hydrogen-bond acceptors (Lipinski definition) is 5. The Hall–Kier alpha value is -3.00. The number of nitrogens with zero attached hydrogens (tertiary/aromatic N) is 4. The van der Waals surface area contributed by atoms with Gasteiger partial charge in [0.25, 0.3) is 5.91 Å². The van der Waals surface area contributed by atoms with Gasteiger partial charge in [0, 0.05) is 31.6 Å². The number of aryl methyl sites for hydroxylation is 2. The maximum atomic E-state index is 13.3. The van der Waals surface area contributed by atoms with Gasteiger partial charge in [-0.1, -0.05) is 18.2 Å². The summed E-state index contributed by atoms with van der Waals surface area (Å²) in [5.74, 6) is 0.235. The molecule has 0 bridgehead atoms. The highest BCUT2D eigenvalue weighted by Crippen LogP contribution is 2.30. The molecular weight excluding hydrogens is 376 g/mol. The average Bonchev–Trinajstić information content (AvgIpc) is 3.12. The number of carbonyl (C=O) groups is 1. The Balaban J connectivity index is 1.79. The van der Waals surface area contributed by atoms with E-state index in [-0.39, 0.29) is 16.4 Å². The van der Waals surface area contributed by atoms with Crippen LogP contribution in [-0.4, -0.2) is 41.9 Å². The van der Waals surface area contributed by atoms with Crippen LogP contribution >= 0.6 is 0 Å². The number of benzene rings is 1. The highest BCUT2D eigenvalue weighted by atomic mass is 32.2. The fraction of sp³-hybridized carbons (Fsp3) is 0.250. The second-order valence-electron chi connectivity index (χ2n) is 6.91. The number of rotatable bonds is 3. The SMILES string of the molecule is Cn1cc(-c2ccc3c(n2)N(C(=O)c2ccccc2S(C)(=O)=O)CCC3)cn1. The third kappa shape index (κ3) is 3.31. The van der Waals surface area contributed by atoms with Crippen LogP contribution in [0.3, 0.4) is 0 Å². The number of aromatic nitrogens is 3. The summed E-state index contributed by atoms with van der Waals surface area (Å²) in [4.78, 5) is 19.6. The van der Waals surface area contributed by atoms with E-state index < -0.39 is 9.84 Å². The molecule has 0 saturated carbocycles. The summed E-state index contributed by atoms with van der Waals surface area (Å²) in [5.41, 5.74) is 2.73. The highest BCUT2D eigenvalue weighted by molar-refractivity contribution is 7.90. The van der Waals surface area contributed by atoms with Crippen LogP contribution in [0.25, 0.3) is 11.3 Å². The predicted molar refractivity (Wildman–Crippen MR) is 106 cm³/mol. The molecule has 0 atom stereocenters. The Morgan fingerprint density at radius 1 is 1.14 bits per heavy atom. The Labute approximate surface area is 163 Å². The number of sulfone groups is 1. The summed E-state index contributed by atoms with van der Waals surface area (Å²) in [5, 5.41) is 4.17. The molecule has 28 heavy (non-hydrogen) atoms. The van der Waals surface area contributed by atoms with Crippen LogP contribution in [0, 0.1) is 0 Å². The van der Waals surface area contributed by atoms with Crippen molar-refractivity contribution < 1.29 is 13.2 Å². The first-order chi connectivity index (χ1) is 13.3. The molecule has 2 aromatic heterocycles. The van der Waals surface area contributed by atoms with Gasteiger partial charge in [-0.15, -0.1) is 0 Å². The Kier molecular flexibility index (Phi) is 4.50. The lowest BCUT2D eigenvalue weighted by molar-refractivity contribution is 0.0981. The number of fused-ring (bicyclic) bond motifs is 1. The van der Waals surface area contributed by atoms with E-state index in [0.29, 0.717) is 12.4 Å². The standard InChI is InChI=1S/C20H20N4O3S/c1-23-13-15(12-21-23)17-10-9-14-6-5-11-24(19(14)22-17)20(25)16-7-3-4-8-18(16)28(2,26)27/h3-4,7-10,12-13H,5-6,11H2,1-2H3. The van der Waals surface area contributed by atoms with Gasteiger partial charge in [0.2, 0.25) is 0 Å². The summed E-state index contributed by atoms with van der Waals surface area (Å²) in [7, 11) is -1.69. The minimum atomic E-state index is -3.52. The molecule has 1 aliphatic heterocycles. The van der Waals surface area contributed by atoms with Crippen LogP contribution in [0.1, 0.15) is 22.3 Å². The van der Waals surface area contributed by atoms with Crippen LogP contribution in [0.4, 0.5) is 5.82 Å². The number of pyridine rings is 1. The van der Waals surface area contributed by atoms with Crippen molar-refractivity contribution in [2.45, 2.75) is 17.7 Å². The fourth-order valence-electron chi connectivity index (χ4n) is 3.46. The molecule has 0 spiro atoms. The largest absolute Gasteiger partial charge is 0.292 e. The van der Waals surface area contributed by atoms with Crippen molar-refractivity contribution in [3.05, 3.63) is 59.9 Å². The normalized spacial score (nSPS) is 14.0. The van der Waals surface area contributed by atoms with E-state index in [1.165, 1.54) is 6.07 Å². The molecule has 1 aliphatic rings. The van der Waals surface area contributed by atoms with E-state index in [4.69, 9.17) is 4.98 Å². The molecule has 0 unspecified atom stereocenters. The first-order valence-electron chi connectivity index (χ1n) is 8.94. The monoisotopic (exact) mass is 396 g/mol. The van der Waals surface area contributed by atoms with Crippen LogP contribution in [0.2, 0.25) is 0 Å². The minimum Gasteiger partial charge on any atom is -0.292 e. The number of carbonyl (C=O) groups excluding carboxylic acids is 1. The third-order valence-electron chi connectivity index (χ3n) is 4.80. The van der Waals surface area contributed by atoms with E-state index in [1.807, 2.05) is 25.4 Å². The molecule has 1 amide bonds. The van der Waals surface area contributed by atoms with Crippen molar-refractivity contribution in [3.63, 3.8) is 0 Å². The molecule has 0 saturated heterocycles. The fourth-order valence-corrected chi connectivity index (χ4v) is 4.34. The lowest BCUT2D eigenvalue weighted by atomic mass is 10.0. The van der Waals surface area contributed by atoms with Crippen molar-refractivity contribution in [3.8, 4) is 11.3 Å². The van der Waals surface area contributed by atoms with Crippen molar-refractivity contribution in [2.24, 2.45) is 7.05 Å². The van der Waals surface area contributed by atoms with Gasteiger partial charge in [-0.05, 0) is 36.6 Å². The van der Waals surface area contributed by atoms with E-state index in [1.54, 1.807) is 34.0 Å². The third-order valence-corrected chi connectivity index (χ3v) is 5.96. The smallest absolute Gasteiger partial charge is 0.260 e. The molecule has 0 fully saturated rings. The molecule has 0 N–H and O–H groups in total. The average molecular weight is 396 g/mol. The maximum Gasteiger partial charge on any atom is 0.260 e. The topological polar surface area (TPSA) is 85.2 Å². The van der Waals surface area contributed by atoms with Crippen LogP contribution in [0.15, 0.2) is 53.7 Å². The minimum absolute atomic E-state index is 0.0375. The Morgan fingerprint density at radius 2 is 1.93 bits per heavy atom. The maximum absolute atomic E-state index is 13.3. The molecule has 0 radical (unpaired) electrons. The number of amides is 1. The second kappa shape index (κ2) is 6.87. The molecule has 3 aromatic rings. The Bertz CT molecular complexity index is 1170. The summed E-state index contributed by atoms with van der Waals surface area (Å²) >= 11 is 0. The van der Waals surface area contributed by atoms with Gasteiger partial charge in [-0.3, -0.25) is 14.4 Å². The zero-order valence-corrected chi connectivity index (χ0v) is 16.5. The quantitative estimate of drug-likeness (QED) is 0.679. The van der Waals surface area contributed by atoms with E-state index in [9.17, 15) is 13.2 Å². The van der Waals surface area contributed by atoms with Gasteiger partial charge in [0.15, 0.2) is 9.84 Å². The highest BCUT2D eigenvalue weighted by Gasteiger charge is 2.28. The van der Waals surface area contributed by atoms with Crippen molar-refractivity contribution in [1.29, 1.82) is 0 Å². The van der Waals surface area contributed by atoms with Gasteiger partial charge >= 0.3 is 0 Å². The van der Waals surface area contributed by atoms with Crippen molar-refractivity contribution in [2.75, 3.05) is 17.7 Å². The molecule has 4 rings (SSSR count). The number of hydrogen-bond donors (Lipinski definition) is 0. The molecule has 7 nitrogen and oxygen atoms in total. The second-order valence-corrected chi connectivity index (χ2v) is 8.89. The van der Waals surface area contributed by atoms with Gasteiger partial charge in [0.05, 0.1) is 22.3 Å². The number of anilines is 1. The van der Waals surface area contributed by atoms with E-state index in [2.05, 4.69) is 5.10 Å². The van der Waals surface area contributed by atoms with E-state index >= 15 is 0 Å². The van der Waals surface area contributed by atoms with Gasteiger partial charge in [-0.25, -0.2) is 13.4 Å². The van der Waals surface area contributed by atoms with Gasteiger partial charge in [-0.2, -0.15) is 5.10 Å².